The fourth-order valence-corrected chi connectivity index (χ4v) is 8.91. The van der Waals surface area contributed by atoms with Crippen LogP contribution in [0, 0.1) is 5.82 Å². The van der Waals surface area contributed by atoms with Crippen LogP contribution in [0.3, 0.4) is 0 Å². The minimum Gasteiger partial charge on any atom is -0.444 e. The van der Waals surface area contributed by atoms with Crippen molar-refractivity contribution in [2.24, 2.45) is 0 Å². The fourth-order valence-electron chi connectivity index (χ4n) is 8.00. The molecule has 0 spiro atoms. The Morgan fingerprint density at radius 2 is 1.80 bits per heavy atom. The van der Waals surface area contributed by atoms with Crippen molar-refractivity contribution in [3.63, 3.8) is 0 Å². The molecule has 1 saturated carbocycles. The van der Waals surface area contributed by atoms with Gasteiger partial charge < -0.3 is 23.5 Å². The van der Waals surface area contributed by atoms with Crippen LogP contribution in [0.15, 0.2) is 48.7 Å². The Morgan fingerprint density at radius 3 is 2.53 bits per heavy atom. The lowest BCUT2D eigenvalue weighted by atomic mass is 9.88. The summed E-state index contributed by atoms with van der Waals surface area (Å²) in [6.45, 7) is 14.1. The van der Waals surface area contributed by atoms with E-state index < -0.39 is 19.7 Å². The van der Waals surface area contributed by atoms with Gasteiger partial charge in [0.1, 0.15) is 29.7 Å². The van der Waals surface area contributed by atoms with E-state index in [1.54, 1.807) is 19.1 Å². The molecule has 0 radical (unpaired) electrons. The molecule has 1 aliphatic carbocycles. The molecule has 3 aromatic heterocycles. The average molecular weight is 786 g/mol. The highest BCUT2D eigenvalue weighted by molar-refractivity contribution is 6.76. The molecule has 2 atom stereocenters. The standard InChI is InChI=1S/C41H49ClFN7O4Si/c1-41(32-11-10-29(42)21-33(32)43)53-35-7-5-6-31(37(35)54-41)26-12-15-48(16-13-26)24-36-45-34-20-28(22-44-40(34)49(36)23-30-14-17-52-30)39-47-46-38(27-8-9-27)50(39)25-51-18-19-55(2,3)4/h5-7,10-11,20-22,26-27,30H,8-9,12-19,23-25H2,1-4H3/t30-,41-/m0/s1. The Labute approximate surface area is 327 Å². The van der Waals surface area contributed by atoms with Crippen LogP contribution in [-0.4, -0.2) is 74.7 Å². The molecule has 4 aliphatic rings. The molecule has 290 valence electrons. The van der Waals surface area contributed by atoms with Gasteiger partial charge in [-0.05, 0) is 87.5 Å². The summed E-state index contributed by atoms with van der Waals surface area (Å²) in [4.78, 5) is 12.7. The predicted octanol–water partition coefficient (Wildman–Crippen LogP) is 8.48. The molecule has 55 heavy (non-hydrogen) atoms. The minimum atomic E-state index is -1.28. The normalized spacial score (nSPS) is 21.7. The third-order valence-corrected chi connectivity index (χ3v) is 13.4. The van der Waals surface area contributed by atoms with Gasteiger partial charge >= 0.3 is 0 Å². The molecule has 11 nitrogen and oxygen atoms in total. The van der Waals surface area contributed by atoms with E-state index in [9.17, 15) is 4.39 Å². The number of hydrogen-bond donors (Lipinski definition) is 0. The van der Waals surface area contributed by atoms with E-state index in [1.165, 1.54) is 6.07 Å². The lowest BCUT2D eigenvalue weighted by Crippen LogP contribution is -2.35. The third-order valence-electron chi connectivity index (χ3n) is 11.5. The van der Waals surface area contributed by atoms with E-state index in [4.69, 9.17) is 40.5 Å². The van der Waals surface area contributed by atoms with E-state index in [0.717, 1.165) is 111 Å². The summed E-state index contributed by atoms with van der Waals surface area (Å²) in [6, 6.07) is 13.8. The van der Waals surface area contributed by atoms with Crippen LogP contribution < -0.4 is 9.47 Å². The molecule has 2 aromatic carbocycles. The van der Waals surface area contributed by atoms with Crippen molar-refractivity contribution < 1.29 is 23.3 Å². The quantitative estimate of drug-likeness (QED) is 0.0860. The van der Waals surface area contributed by atoms with Gasteiger partial charge in [-0.3, -0.25) is 9.47 Å². The molecular weight excluding hydrogens is 737 g/mol. The number of pyridine rings is 1. The van der Waals surface area contributed by atoms with Crippen molar-refractivity contribution in [2.75, 3.05) is 26.3 Å². The number of rotatable bonds is 13. The van der Waals surface area contributed by atoms with Gasteiger partial charge in [-0.2, -0.15) is 0 Å². The lowest BCUT2D eigenvalue weighted by molar-refractivity contribution is -0.0712. The summed E-state index contributed by atoms with van der Waals surface area (Å²) in [7, 11) is -1.20. The van der Waals surface area contributed by atoms with Crippen LogP contribution in [0.4, 0.5) is 4.39 Å². The number of likely N-dealkylation sites (tertiary alicyclic amines) is 1. The number of ether oxygens (including phenoxy) is 4. The summed E-state index contributed by atoms with van der Waals surface area (Å²) >= 11 is 6.03. The van der Waals surface area contributed by atoms with Gasteiger partial charge in [0, 0.05) is 56.5 Å². The Kier molecular flexibility index (Phi) is 9.73. The molecule has 0 N–H and O–H groups in total. The average Bonchev–Trinajstić information content (AvgIpc) is 3.65. The Hall–Kier alpha value is -3.88. The zero-order valence-electron chi connectivity index (χ0n) is 32.1. The molecule has 6 heterocycles. The second-order valence-electron chi connectivity index (χ2n) is 16.9. The van der Waals surface area contributed by atoms with E-state index in [2.05, 4.69) is 56.0 Å². The van der Waals surface area contributed by atoms with Gasteiger partial charge in [-0.15, -0.1) is 10.2 Å². The molecule has 3 fully saturated rings. The number of para-hydroxylation sites is 1. The monoisotopic (exact) mass is 785 g/mol. The topological polar surface area (TPSA) is 102 Å². The Morgan fingerprint density at radius 1 is 0.982 bits per heavy atom. The van der Waals surface area contributed by atoms with Gasteiger partial charge in [0.2, 0.25) is 0 Å². The maximum Gasteiger partial charge on any atom is 0.278 e. The van der Waals surface area contributed by atoms with Gasteiger partial charge in [0.25, 0.3) is 5.79 Å². The highest BCUT2D eigenvalue weighted by Gasteiger charge is 2.43. The largest absolute Gasteiger partial charge is 0.444 e. The van der Waals surface area contributed by atoms with Crippen LogP contribution >= 0.6 is 11.6 Å². The molecular formula is C41H49ClFN7O4Si. The van der Waals surface area contributed by atoms with Gasteiger partial charge in [-0.1, -0.05) is 43.4 Å². The Bertz CT molecular complexity index is 2210. The van der Waals surface area contributed by atoms with Crippen molar-refractivity contribution in [3.05, 3.63) is 82.3 Å². The Balaban J connectivity index is 0.922. The highest BCUT2D eigenvalue weighted by Crippen LogP contribution is 2.50. The number of hydrogen-bond acceptors (Lipinski definition) is 9. The van der Waals surface area contributed by atoms with E-state index in [0.29, 0.717) is 41.3 Å². The second-order valence-corrected chi connectivity index (χ2v) is 23.0. The number of halogens is 2. The number of fused-ring (bicyclic) bond motifs is 2. The van der Waals surface area contributed by atoms with Crippen molar-refractivity contribution in [1.82, 2.24) is 34.2 Å². The summed E-state index contributed by atoms with van der Waals surface area (Å²) < 4.78 is 44.2. The zero-order chi connectivity index (χ0) is 37.9. The maximum absolute atomic E-state index is 15.0. The zero-order valence-corrected chi connectivity index (χ0v) is 33.8. The second kappa shape index (κ2) is 14.6. The number of nitrogens with zero attached hydrogens (tertiary/aromatic N) is 7. The molecule has 0 unspecified atom stereocenters. The van der Waals surface area contributed by atoms with E-state index in [-0.39, 0.29) is 12.0 Å². The summed E-state index contributed by atoms with van der Waals surface area (Å²) in [5, 5.41) is 9.62. The predicted molar refractivity (Wildman–Crippen MR) is 211 cm³/mol. The summed E-state index contributed by atoms with van der Waals surface area (Å²) in [5.74, 6) is 3.09. The molecule has 14 heteroatoms. The first-order valence-corrected chi connectivity index (χ1v) is 23.8. The first kappa shape index (κ1) is 36.7. The number of piperidine rings is 1. The molecule has 2 saturated heterocycles. The molecule has 3 aliphatic heterocycles. The minimum absolute atomic E-state index is 0.162. The van der Waals surface area contributed by atoms with Crippen molar-refractivity contribution in [3.8, 4) is 22.9 Å². The first-order chi connectivity index (χ1) is 26.5. The van der Waals surface area contributed by atoms with Crippen LogP contribution in [0.25, 0.3) is 22.6 Å². The van der Waals surface area contributed by atoms with Gasteiger partial charge in [-0.25, -0.2) is 14.4 Å². The highest BCUT2D eigenvalue weighted by atomic mass is 35.5. The number of aromatic nitrogens is 6. The molecule has 5 aromatic rings. The van der Waals surface area contributed by atoms with Gasteiger partial charge in [0.15, 0.2) is 23.0 Å². The van der Waals surface area contributed by atoms with Crippen LogP contribution in [0.1, 0.15) is 73.6 Å². The lowest BCUT2D eigenvalue weighted by Gasteiger charge is -2.33. The van der Waals surface area contributed by atoms with Crippen molar-refractivity contribution in [2.45, 2.75) is 108 Å². The summed E-state index contributed by atoms with van der Waals surface area (Å²) in [6.07, 6.45) is 7.27. The first-order valence-electron chi connectivity index (χ1n) is 19.7. The smallest absolute Gasteiger partial charge is 0.278 e. The third kappa shape index (κ3) is 7.53. The molecule has 9 rings (SSSR count). The van der Waals surface area contributed by atoms with Crippen molar-refractivity contribution >= 4 is 30.8 Å². The molecule has 0 amide bonds. The van der Waals surface area contributed by atoms with Gasteiger partial charge in [0.05, 0.1) is 24.8 Å². The maximum atomic E-state index is 15.0. The SMILES string of the molecule is C[C@]1(c2ccc(Cl)cc2F)Oc2cccc(C3CCN(Cc4nc5cc(-c6nnc(C7CC7)n6COCC[Si](C)(C)C)cnc5n4C[C@@H]4CCO4)CC3)c2O1. The van der Waals surface area contributed by atoms with Crippen molar-refractivity contribution in [1.29, 1.82) is 0 Å². The van der Waals surface area contributed by atoms with Crippen LogP contribution in [-0.2, 0) is 35.1 Å². The van der Waals surface area contributed by atoms with E-state index >= 15 is 0 Å². The summed E-state index contributed by atoms with van der Waals surface area (Å²) in [5.41, 5.74) is 4.02. The fraction of sp³-hybridized carbons (Fsp3) is 0.512. The van der Waals surface area contributed by atoms with E-state index in [1.807, 2.05) is 18.3 Å². The number of imidazole rings is 1. The van der Waals surface area contributed by atoms with Crippen LogP contribution in [0.2, 0.25) is 30.7 Å². The number of benzene rings is 2. The molecule has 0 bridgehead atoms. The van der Waals surface area contributed by atoms with Crippen LogP contribution in [0.5, 0.6) is 11.5 Å².